The molecule has 0 radical (unpaired) electrons. The van der Waals surface area contributed by atoms with Gasteiger partial charge in [-0.25, -0.2) is 17.2 Å². The fraction of sp³-hybridized carbons (Fsp3) is 0.444. The summed E-state index contributed by atoms with van der Waals surface area (Å²) in [4.78, 5) is 0. The van der Waals surface area contributed by atoms with Gasteiger partial charge in [0.05, 0.1) is 16.7 Å². The maximum absolute atomic E-state index is 15.6. The lowest BCUT2D eigenvalue weighted by molar-refractivity contribution is -0.0698. The van der Waals surface area contributed by atoms with Crippen LogP contribution < -0.4 is 0 Å². The first-order valence-corrected chi connectivity index (χ1v) is 13.6. The SMILES string of the molecule is Cc1cc(C2(c3cc(F)c(CN4[C@@H](C)CC[C@H](c5ccccc5)S4(=O)=O)cc3F)CC(C)(O)C2)on1. The third kappa shape index (κ3) is 4.17. The van der Waals surface area contributed by atoms with Gasteiger partial charge in [0, 0.05) is 29.8 Å². The molecule has 36 heavy (non-hydrogen) atoms. The molecule has 0 spiro atoms. The quantitative estimate of drug-likeness (QED) is 0.507. The minimum absolute atomic E-state index is 0.0321. The van der Waals surface area contributed by atoms with E-state index in [9.17, 15) is 13.5 Å². The number of aliphatic hydroxyl groups is 1. The van der Waals surface area contributed by atoms with Gasteiger partial charge in [-0.2, -0.15) is 4.31 Å². The van der Waals surface area contributed by atoms with Crippen molar-refractivity contribution in [2.75, 3.05) is 0 Å². The maximum Gasteiger partial charge on any atom is 0.221 e. The Hall–Kier alpha value is -2.62. The van der Waals surface area contributed by atoms with E-state index in [0.717, 1.165) is 12.1 Å². The third-order valence-corrected chi connectivity index (χ3v) is 10.0. The molecule has 1 saturated heterocycles. The van der Waals surface area contributed by atoms with E-state index in [1.165, 1.54) is 4.31 Å². The van der Waals surface area contributed by atoms with Crippen molar-refractivity contribution in [1.82, 2.24) is 9.46 Å². The number of sulfonamides is 1. The van der Waals surface area contributed by atoms with Gasteiger partial charge in [0.1, 0.15) is 22.6 Å². The molecule has 2 atom stereocenters. The zero-order chi connectivity index (χ0) is 25.9. The van der Waals surface area contributed by atoms with Crippen LogP contribution in [0.2, 0.25) is 0 Å². The molecule has 192 valence electrons. The van der Waals surface area contributed by atoms with Crippen molar-refractivity contribution in [3.63, 3.8) is 0 Å². The summed E-state index contributed by atoms with van der Waals surface area (Å²) in [6.45, 7) is 4.91. The Morgan fingerprint density at radius 1 is 1.11 bits per heavy atom. The molecule has 1 aliphatic carbocycles. The number of rotatable bonds is 5. The Bertz CT molecular complexity index is 1380. The second-order valence-electron chi connectivity index (χ2n) is 10.6. The fourth-order valence-electron chi connectivity index (χ4n) is 5.93. The van der Waals surface area contributed by atoms with E-state index >= 15 is 8.78 Å². The summed E-state index contributed by atoms with van der Waals surface area (Å²) in [6, 6.07) is 12.5. The van der Waals surface area contributed by atoms with Crippen molar-refractivity contribution in [3.05, 3.63) is 88.3 Å². The second kappa shape index (κ2) is 8.75. The largest absolute Gasteiger partial charge is 0.390 e. The maximum atomic E-state index is 15.6. The summed E-state index contributed by atoms with van der Waals surface area (Å²) < 4.78 is 64.9. The monoisotopic (exact) mass is 516 g/mol. The highest BCUT2D eigenvalue weighted by Crippen LogP contribution is 2.55. The predicted molar refractivity (Wildman–Crippen MR) is 131 cm³/mol. The molecule has 2 heterocycles. The van der Waals surface area contributed by atoms with Crippen LogP contribution in [0.3, 0.4) is 0 Å². The molecule has 2 aliphatic rings. The first-order valence-electron chi connectivity index (χ1n) is 12.1. The molecular weight excluding hydrogens is 486 g/mol. The predicted octanol–water partition coefficient (Wildman–Crippen LogP) is 5.15. The van der Waals surface area contributed by atoms with E-state index in [4.69, 9.17) is 4.52 Å². The van der Waals surface area contributed by atoms with Gasteiger partial charge in [-0.1, -0.05) is 35.5 Å². The van der Waals surface area contributed by atoms with Gasteiger partial charge in [0.2, 0.25) is 10.0 Å². The molecule has 9 heteroatoms. The highest BCUT2D eigenvalue weighted by Gasteiger charge is 2.57. The van der Waals surface area contributed by atoms with E-state index in [2.05, 4.69) is 5.16 Å². The number of nitrogens with zero attached hydrogens (tertiary/aromatic N) is 2. The van der Waals surface area contributed by atoms with Crippen molar-refractivity contribution < 1.29 is 26.8 Å². The van der Waals surface area contributed by atoms with Crippen LogP contribution in [0.4, 0.5) is 8.78 Å². The minimum atomic E-state index is -3.79. The minimum Gasteiger partial charge on any atom is -0.390 e. The van der Waals surface area contributed by atoms with Crippen LogP contribution in [0, 0.1) is 18.6 Å². The van der Waals surface area contributed by atoms with Crippen LogP contribution in [0.5, 0.6) is 0 Å². The van der Waals surface area contributed by atoms with Crippen molar-refractivity contribution in [2.24, 2.45) is 0 Å². The van der Waals surface area contributed by atoms with Gasteiger partial charge in [-0.3, -0.25) is 0 Å². The smallest absolute Gasteiger partial charge is 0.221 e. The first kappa shape index (κ1) is 25.0. The molecule has 3 aromatic rings. The molecule has 1 saturated carbocycles. The number of halogens is 2. The molecule has 1 aliphatic heterocycles. The lowest BCUT2D eigenvalue weighted by atomic mass is 9.55. The molecular formula is C27H30F2N2O4S. The molecule has 1 aromatic heterocycles. The standard InChI is InChI=1S/C27H30F2N2O4S/c1-17-11-25(35-30-17)27(15-26(3,32)16-27)21-13-22(28)20(12-23(21)29)14-31-18(2)9-10-24(36(31,33)34)19-7-5-4-6-8-19/h4-8,11-13,18,24,32H,9-10,14-16H2,1-3H3/t18-,24+,26?,27?/m0/s1. The topological polar surface area (TPSA) is 83.6 Å². The third-order valence-electron chi connectivity index (χ3n) is 7.64. The van der Waals surface area contributed by atoms with E-state index in [-0.39, 0.29) is 36.6 Å². The van der Waals surface area contributed by atoms with E-state index in [1.807, 2.05) is 6.07 Å². The number of hydrogen-bond donors (Lipinski definition) is 1. The Labute approximate surface area is 210 Å². The molecule has 0 amide bonds. The molecule has 2 fully saturated rings. The van der Waals surface area contributed by atoms with Crippen LogP contribution in [-0.4, -0.2) is 34.6 Å². The van der Waals surface area contributed by atoms with Crippen LogP contribution in [0.1, 0.15) is 72.9 Å². The van der Waals surface area contributed by atoms with Gasteiger partial charge in [0.15, 0.2) is 0 Å². The highest BCUT2D eigenvalue weighted by molar-refractivity contribution is 7.89. The molecule has 2 aromatic carbocycles. The van der Waals surface area contributed by atoms with Crippen molar-refractivity contribution in [2.45, 2.75) is 75.3 Å². The van der Waals surface area contributed by atoms with E-state index in [1.54, 1.807) is 51.1 Å². The Morgan fingerprint density at radius 2 is 1.81 bits per heavy atom. The van der Waals surface area contributed by atoms with Gasteiger partial charge < -0.3 is 9.63 Å². The number of benzene rings is 2. The van der Waals surface area contributed by atoms with Crippen molar-refractivity contribution >= 4 is 10.0 Å². The molecule has 5 rings (SSSR count). The van der Waals surface area contributed by atoms with Gasteiger partial charge in [-0.15, -0.1) is 0 Å². The van der Waals surface area contributed by atoms with Gasteiger partial charge >= 0.3 is 0 Å². The van der Waals surface area contributed by atoms with Gasteiger partial charge in [-0.05, 0) is 64.2 Å². The summed E-state index contributed by atoms with van der Waals surface area (Å²) in [7, 11) is -3.79. The van der Waals surface area contributed by atoms with Gasteiger partial charge in [0.25, 0.3) is 0 Å². The zero-order valence-corrected chi connectivity index (χ0v) is 21.4. The Kier molecular flexibility index (Phi) is 6.08. The van der Waals surface area contributed by atoms with Crippen LogP contribution >= 0.6 is 0 Å². The molecule has 0 unspecified atom stereocenters. The zero-order valence-electron chi connectivity index (χ0n) is 20.5. The Balaban J connectivity index is 1.49. The van der Waals surface area contributed by atoms with E-state index < -0.39 is 37.9 Å². The summed E-state index contributed by atoms with van der Waals surface area (Å²) in [5, 5.41) is 13.6. The summed E-state index contributed by atoms with van der Waals surface area (Å²) in [5.74, 6) is -0.995. The number of aryl methyl sites for hydroxylation is 1. The van der Waals surface area contributed by atoms with Crippen LogP contribution in [0.25, 0.3) is 0 Å². The first-order chi connectivity index (χ1) is 16.9. The Morgan fingerprint density at radius 3 is 2.42 bits per heavy atom. The van der Waals surface area contributed by atoms with Crippen molar-refractivity contribution in [3.8, 4) is 0 Å². The molecule has 0 bridgehead atoms. The van der Waals surface area contributed by atoms with Crippen LogP contribution in [-0.2, 0) is 22.0 Å². The summed E-state index contributed by atoms with van der Waals surface area (Å²) in [5.41, 5.74) is -0.759. The fourth-order valence-corrected chi connectivity index (χ4v) is 8.12. The molecule has 1 N–H and O–H groups in total. The average molecular weight is 517 g/mol. The second-order valence-corrected chi connectivity index (χ2v) is 12.7. The lowest BCUT2D eigenvalue weighted by Crippen LogP contribution is -2.53. The number of hydrogen-bond acceptors (Lipinski definition) is 5. The highest BCUT2D eigenvalue weighted by atomic mass is 32.2. The average Bonchev–Trinajstić information content (AvgIpc) is 3.23. The van der Waals surface area contributed by atoms with E-state index in [0.29, 0.717) is 29.9 Å². The summed E-state index contributed by atoms with van der Waals surface area (Å²) in [6.07, 6.45) is 1.39. The van der Waals surface area contributed by atoms with Crippen LogP contribution in [0.15, 0.2) is 53.1 Å². The molecule has 6 nitrogen and oxygen atoms in total. The van der Waals surface area contributed by atoms with Crippen molar-refractivity contribution in [1.29, 1.82) is 0 Å². The normalized spacial score (nSPS) is 30.2. The lowest BCUT2D eigenvalue weighted by Gasteiger charge is -2.50. The summed E-state index contributed by atoms with van der Waals surface area (Å²) >= 11 is 0. The number of aromatic nitrogens is 1.